The van der Waals surface area contributed by atoms with E-state index in [1.54, 1.807) is 78.1 Å². The van der Waals surface area contributed by atoms with E-state index in [-0.39, 0.29) is 19.1 Å². The molecule has 0 spiro atoms. The highest BCUT2D eigenvalue weighted by molar-refractivity contribution is 5.99. The van der Waals surface area contributed by atoms with Gasteiger partial charge in [-0.25, -0.2) is 4.79 Å². The van der Waals surface area contributed by atoms with Crippen molar-refractivity contribution in [1.82, 2.24) is 10.2 Å². The number of carbonyl (C=O) groups excluding carboxylic acids is 3. The number of methoxy groups -OCH3 is 1. The molecule has 0 saturated heterocycles. The number of ether oxygens (including phenoxy) is 2. The molecule has 0 radical (unpaired) electrons. The molecule has 0 aliphatic carbocycles. The fourth-order valence-electron chi connectivity index (χ4n) is 3.71. The third-order valence-electron chi connectivity index (χ3n) is 5.54. The zero-order valence-corrected chi connectivity index (χ0v) is 22.7. The number of hydrogen-bond acceptors (Lipinski definition) is 6. The van der Waals surface area contributed by atoms with Crippen LogP contribution in [0.25, 0.3) is 0 Å². The molecule has 2 aromatic carbocycles. The fraction of sp³-hybridized carbons (Fsp3) is 0.464. The molecule has 9 heteroatoms. The van der Waals surface area contributed by atoms with Gasteiger partial charge in [0.25, 0.3) is 5.91 Å². The molecule has 2 rings (SSSR count). The molecule has 0 fully saturated rings. The van der Waals surface area contributed by atoms with Gasteiger partial charge in [0.05, 0.1) is 13.7 Å². The van der Waals surface area contributed by atoms with Crippen molar-refractivity contribution in [2.45, 2.75) is 59.2 Å². The van der Waals surface area contributed by atoms with Crippen molar-refractivity contribution in [1.29, 1.82) is 0 Å². The molecule has 2 atom stereocenters. The Morgan fingerprint density at radius 2 is 1.59 bits per heavy atom. The molecular weight excluding hydrogens is 474 g/mol. The number of rotatable bonds is 10. The van der Waals surface area contributed by atoms with Crippen molar-refractivity contribution >= 4 is 23.6 Å². The van der Waals surface area contributed by atoms with Gasteiger partial charge < -0.3 is 30.1 Å². The van der Waals surface area contributed by atoms with Crippen LogP contribution in [0.1, 0.15) is 51.8 Å². The molecule has 202 valence electrons. The third-order valence-corrected chi connectivity index (χ3v) is 5.54. The van der Waals surface area contributed by atoms with Crippen LogP contribution in [-0.2, 0) is 14.3 Å². The number of anilines is 1. The smallest absolute Gasteiger partial charge is 0.408 e. The number of nitrogens with one attached hydrogen (secondary N) is 2. The van der Waals surface area contributed by atoms with Crippen molar-refractivity contribution in [2.75, 3.05) is 25.6 Å². The van der Waals surface area contributed by atoms with Crippen LogP contribution >= 0.6 is 0 Å². The quantitative estimate of drug-likeness (QED) is 0.441. The number of alkyl carbamates (subject to hydrolysis) is 1. The zero-order chi connectivity index (χ0) is 27.8. The lowest BCUT2D eigenvalue weighted by Crippen LogP contribution is -2.55. The minimum atomic E-state index is -1.07. The van der Waals surface area contributed by atoms with Gasteiger partial charge in [-0.05, 0) is 63.4 Å². The van der Waals surface area contributed by atoms with Gasteiger partial charge in [0.2, 0.25) is 5.91 Å². The van der Waals surface area contributed by atoms with E-state index in [1.165, 1.54) is 4.90 Å². The normalized spacial score (nSPS) is 12.9. The van der Waals surface area contributed by atoms with Crippen LogP contribution in [0.15, 0.2) is 48.5 Å². The maximum Gasteiger partial charge on any atom is 0.408 e. The highest BCUT2D eigenvalue weighted by Crippen LogP contribution is 2.26. The fourth-order valence-corrected chi connectivity index (χ4v) is 3.71. The summed E-state index contributed by atoms with van der Waals surface area (Å²) in [7, 11) is 1.55. The van der Waals surface area contributed by atoms with E-state index in [0.29, 0.717) is 17.0 Å². The first-order valence-electron chi connectivity index (χ1n) is 12.3. The molecule has 0 aliphatic heterocycles. The Morgan fingerprint density at radius 1 is 1.00 bits per heavy atom. The summed E-state index contributed by atoms with van der Waals surface area (Å²) < 4.78 is 10.5. The lowest BCUT2D eigenvalue weighted by atomic mass is 9.98. The third kappa shape index (κ3) is 8.78. The highest BCUT2D eigenvalue weighted by atomic mass is 16.6. The maximum absolute atomic E-state index is 13.8. The van der Waals surface area contributed by atoms with E-state index in [9.17, 15) is 19.5 Å². The molecule has 0 saturated carbocycles. The topological polar surface area (TPSA) is 117 Å². The van der Waals surface area contributed by atoms with Crippen LogP contribution < -0.4 is 15.4 Å². The lowest BCUT2D eigenvalue weighted by Gasteiger charge is -2.35. The molecule has 2 unspecified atom stereocenters. The van der Waals surface area contributed by atoms with E-state index in [0.717, 1.165) is 5.56 Å². The number of nitrogens with zero attached hydrogens (tertiary/aromatic N) is 1. The van der Waals surface area contributed by atoms with Crippen molar-refractivity contribution in [3.63, 3.8) is 0 Å². The van der Waals surface area contributed by atoms with Crippen LogP contribution in [0.3, 0.4) is 0 Å². The number of aliphatic hydroxyl groups is 1. The number of aliphatic hydroxyl groups excluding tert-OH is 1. The molecule has 0 bridgehead atoms. The van der Waals surface area contributed by atoms with Crippen molar-refractivity contribution in [2.24, 2.45) is 5.92 Å². The summed E-state index contributed by atoms with van der Waals surface area (Å²) in [6.45, 7) is 10.2. The van der Waals surface area contributed by atoms with Crippen molar-refractivity contribution in [3.8, 4) is 5.75 Å². The van der Waals surface area contributed by atoms with Crippen LogP contribution in [0, 0.1) is 12.8 Å². The highest BCUT2D eigenvalue weighted by Gasteiger charge is 2.37. The van der Waals surface area contributed by atoms with Crippen molar-refractivity contribution < 1.29 is 29.0 Å². The van der Waals surface area contributed by atoms with Gasteiger partial charge in [0.15, 0.2) is 0 Å². The van der Waals surface area contributed by atoms with Gasteiger partial charge >= 0.3 is 6.09 Å². The molecule has 3 amide bonds. The van der Waals surface area contributed by atoms with E-state index >= 15 is 0 Å². The monoisotopic (exact) mass is 513 g/mol. The summed E-state index contributed by atoms with van der Waals surface area (Å²) in [5.41, 5.74) is 1.33. The molecule has 37 heavy (non-hydrogen) atoms. The lowest BCUT2D eigenvalue weighted by molar-refractivity contribution is -0.142. The van der Waals surface area contributed by atoms with Gasteiger partial charge in [-0.2, -0.15) is 0 Å². The summed E-state index contributed by atoms with van der Waals surface area (Å²) in [6, 6.07) is 12.0. The molecule has 0 aliphatic rings. The van der Waals surface area contributed by atoms with E-state index in [1.807, 2.05) is 19.1 Å². The molecule has 2 aromatic rings. The SMILES string of the molecule is COc1ccc(NC(=O)C(c2ccc(C)cc2)N(CCO)C(=O)C(NC(=O)OC(C)(C)C)C(C)C)cc1. The predicted octanol–water partition coefficient (Wildman–Crippen LogP) is 4.05. The Hall–Kier alpha value is -3.59. The first kappa shape index (κ1) is 29.6. The first-order valence-corrected chi connectivity index (χ1v) is 12.3. The predicted molar refractivity (Wildman–Crippen MR) is 142 cm³/mol. The molecule has 9 nitrogen and oxygen atoms in total. The average molecular weight is 514 g/mol. The van der Waals surface area contributed by atoms with Crippen molar-refractivity contribution in [3.05, 3.63) is 59.7 Å². The number of carbonyl (C=O) groups is 3. The zero-order valence-electron chi connectivity index (χ0n) is 22.7. The Bertz CT molecular complexity index is 1050. The standard InChI is InChI=1S/C28H39N3O6/c1-18(2)23(30-27(35)37-28(4,5)6)26(34)31(16-17-32)24(20-10-8-19(3)9-11-20)25(33)29-21-12-14-22(36-7)15-13-21/h8-15,18,23-24,32H,16-17H2,1-7H3,(H,29,33)(H,30,35). The summed E-state index contributed by atoms with van der Waals surface area (Å²) in [4.78, 5) is 41.3. The van der Waals surface area contributed by atoms with Crippen LogP contribution in [0.2, 0.25) is 0 Å². The van der Waals surface area contributed by atoms with E-state index in [4.69, 9.17) is 9.47 Å². The average Bonchev–Trinajstić information content (AvgIpc) is 2.82. The Balaban J connectivity index is 2.45. The Morgan fingerprint density at radius 3 is 2.08 bits per heavy atom. The molecule has 0 aromatic heterocycles. The van der Waals surface area contributed by atoms with E-state index in [2.05, 4.69) is 10.6 Å². The van der Waals surface area contributed by atoms with Gasteiger partial charge in [-0.1, -0.05) is 43.7 Å². The summed E-state index contributed by atoms with van der Waals surface area (Å²) in [5, 5.41) is 15.4. The van der Waals surface area contributed by atoms with Gasteiger partial charge in [0, 0.05) is 12.2 Å². The Kier molecular flexibility index (Phi) is 10.5. The van der Waals surface area contributed by atoms with Gasteiger partial charge in [0.1, 0.15) is 23.4 Å². The summed E-state index contributed by atoms with van der Waals surface area (Å²) >= 11 is 0. The summed E-state index contributed by atoms with van der Waals surface area (Å²) in [5.74, 6) is -0.649. The van der Waals surface area contributed by atoms with Gasteiger partial charge in [-0.3, -0.25) is 9.59 Å². The second-order valence-corrected chi connectivity index (χ2v) is 10.2. The van der Waals surface area contributed by atoms with Crippen LogP contribution in [0.4, 0.5) is 10.5 Å². The maximum atomic E-state index is 13.8. The second-order valence-electron chi connectivity index (χ2n) is 10.2. The summed E-state index contributed by atoms with van der Waals surface area (Å²) in [6.07, 6.45) is -0.738. The number of benzene rings is 2. The Labute approximate surface area is 219 Å². The minimum absolute atomic E-state index is 0.118. The van der Waals surface area contributed by atoms with E-state index < -0.39 is 35.6 Å². The number of hydrogen-bond donors (Lipinski definition) is 3. The minimum Gasteiger partial charge on any atom is -0.497 e. The van der Waals surface area contributed by atoms with Crippen LogP contribution in [0.5, 0.6) is 5.75 Å². The molecular formula is C28H39N3O6. The largest absolute Gasteiger partial charge is 0.497 e. The van der Waals surface area contributed by atoms with Gasteiger partial charge in [-0.15, -0.1) is 0 Å². The number of amides is 3. The number of aryl methyl sites for hydroxylation is 1. The first-order chi connectivity index (χ1) is 17.4. The molecule has 0 heterocycles. The second kappa shape index (κ2) is 13.1. The molecule has 3 N–H and O–H groups in total. The van der Waals surface area contributed by atoms with Crippen LogP contribution in [-0.4, -0.2) is 59.8 Å².